The normalized spacial score (nSPS) is 20.2. The summed E-state index contributed by atoms with van der Waals surface area (Å²) in [6.45, 7) is 1.98. The molecule has 1 aliphatic heterocycles. The molecule has 0 fully saturated rings. The van der Waals surface area contributed by atoms with E-state index in [2.05, 4.69) is 5.16 Å². The molecule has 0 aliphatic carbocycles. The number of oxime groups is 1. The first-order valence-corrected chi connectivity index (χ1v) is 8.82. The van der Waals surface area contributed by atoms with E-state index in [0.29, 0.717) is 33.5 Å². The van der Waals surface area contributed by atoms with Crippen molar-refractivity contribution in [2.45, 2.75) is 31.8 Å². The lowest BCUT2D eigenvalue weighted by molar-refractivity contribution is -0.0103. The average Bonchev–Trinajstić information content (AvgIpc) is 3.13. The van der Waals surface area contributed by atoms with Crippen LogP contribution in [0.15, 0.2) is 41.6 Å². The van der Waals surface area contributed by atoms with E-state index >= 15 is 0 Å². The second-order valence-electron chi connectivity index (χ2n) is 5.79. The Kier molecular flexibility index (Phi) is 4.76. The number of hydrogen-bond acceptors (Lipinski definition) is 4. The number of ketones is 1. The Bertz CT molecular complexity index is 754. The lowest BCUT2D eigenvalue weighted by Gasteiger charge is -2.20. The molecule has 3 nitrogen and oxygen atoms in total. The number of carbonyl (C=O) groups is 1. The molecule has 0 amide bonds. The van der Waals surface area contributed by atoms with Crippen LogP contribution in [-0.2, 0) is 4.84 Å². The molecule has 23 heavy (non-hydrogen) atoms. The molecule has 2 heterocycles. The standard InChI is InChI=1S/C17H15Cl2NO2S/c1-17(9-8-14(21)15-6-7-16(19)23-15)10-13(20-22-17)11-2-4-12(18)5-3-11/h2-7H,8-10H2,1H3. The van der Waals surface area contributed by atoms with Gasteiger partial charge in [-0.25, -0.2) is 0 Å². The summed E-state index contributed by atoms with van der Waals surface area (Å²) in [4.78, 5) is 18.5. The smallest absolute Gasteiger partial charge is 0.172 e. The summed E-state index contributed by atoms with van der Waals surface area (Å²) >= 11 is 13.1. The first-order valence-electron chi connectivity index (χ1n) is 7.25. The zero-order chi connectivity index (χ0) is 16.4. The van der Waals surface area contributed by atoms with E-state index in [1.54, 1.807) is 12.1 Å². The summed E-state index contributed by atoms with van der Waals surface area (Å²) in [7, 11) is 0. The summed E-state index contributed by atoms with van der Waals surface area (Å²) < 4.78 is 0.630. The highest BCUT2D eigenvalue weighted by Crippen LogP contribution is 2.32. The molecule has 2 aromatic rings. The topological polar surface area (TPSA) is 38.7 Å². The Labute approximate surface area is 148 Å². The highest BCUT2D eigenvalue weighted by molar-refractivity contribution is 7.18. The SMILES string of the molecule is CC1(CCC(=O)c2ccc(Cl)s2)CC(c2ccc(Cl)cc2)=NO1. The summed E-state index contributed by atoms with van der Waals surface area (Å²) in [5, 5.41) is 4.88. The molecular weight excluding hydrogens is 353 g/mol. The first kappa shape index (κ1) is 16.5. The van der Waals surface area contributed by atoms with Gasteiger partial charge < -0.3 is 4.84 Å². The Hall–Kier alpha value is -1.36. The van der Waals surface area contributed by atoms with E-state index in [0.717, 1.165) is 11.3 Å². The highest BCUT2D eigenvalue weighted by atomic mass is 35.5. The van der Waals surface area contributed by atoms with E-state index in [4.69, 9.17) is 28.0 Å². The maximum absolute atomic E-state index is 12.2. The highest BCUT2D eigenvalue weighted by Gasteiger charge is 2.35. The second-order valence-corrected chi connectivity index (χ2v) is 7.94. The molecule has 0 saturated carbocycles. The van der Waals surface area contributed by atoms with E-state index < -0.39 is 5.60 Å². The van der Waals surface area contributed by atoms with E-state index in [1.165, 1.54) is 11.3 Å². The van der Waals surface area contributed by atoms with Crippen LogP contribution in [0.4, 0.5) is 0 Å². The van der Waals surface area contributed by atoms with E-state index in [1.807, 2.05) is 31.2 Å². The number of hydrogen-bond donors (Lipinski definition) is 0. The van der Waals surface area contributed by atoms with Crippen molar-refractivity contribution in [1.29, 1.82) is 0 Å². The molecule has 0 radical (unpaired) electrons. The van der Waals surface area contributed by atoms with Crippen molar-refractivity contribution in [2.24, 2.45) is 5.16 Å². The monoisotopic (exact) mass is 367 g/mol. The van der Waals surface area contributed by atoms with Crippen LogP contribution in [-0.4, -0.2) is 17.1 Å². The third kappa shape index (κ3) is 3.94. The van der Waals surface area contributed by atoms with Gasteiger partial charge in [-0.15, -0.1) is 11.3 Å². The van der Waals surface area contributed by atoms with Crippen LogP contribution < -0.4 is 0 Å². The predicted molar refractivity (Wildman–Crippen MR) is 95.0 cm³/mol. The van der Waals surface area contributed by atoms with Gasteiger partial charge in [-0.05, 0) is 43.2 Å². The molecule has 0 spiro atoms. The van der Waals surface area contributed by atoms with Gasteiger partial charge in [-0.2, -0.15) is 0 Å². The van der Waals surface area contributed by atoms with Gasteiger partial charge in [0.25, 0.3) is 0 Å². The first-order chi connectivity index (χ1) is 11.0. The third-order valence-corrected chi connectivity index (χ3v) is 5.35. The van der Waals surface area contributed by atoms with Crippen molar-refractivity contribution >= 4 is 46.0 Å². The minimum atomic E-state index is -0.453. The number of rotatable bonds is 5. The second kappa shape index (κ2) is 6.63. The van der Waals surface area contributed by atoms with Crippen molar-refractivity contribution in [3.05, 3.63) is 56.2 Å². The zero-order valence-corrected chi connectivity index (χ0v) is 14.8. The number of carbonyl (C=O) groups excluding carboxylic acids is 1. The van der Waals surface area contributed by atoms with Crippen LogP contribution in [0.5, 0.6) is 0 Å². The van der Waals surface area contributed by atoms with Gasteiger partial charge in [-0.1, -0.05) is 40.5 Å². The molecule has 3 rings (SSSR count). The summed E-state index contributed by atoms with van der Waals surface area (Å²) in [5.41, 5.74) is 1.43. The molecule has 0 N–H and O–H groups in total. The Morgan fingerprint density at radius 1 is 1.26 bits per heavy atom. The molecule has 1 aromatic carbocycles. The van der Waals surface area contributed by atoms with Gasteiger partial charge in [0.1, 0.15) is 5.60 Å². The molecule has 6 heteroatoms. The lowest BCUT2D eigenvalue weighted by Crippen LogP contribution is -2.25. The van der Waals surface area contributed by atoms with Crippen LogP contribution in [0.1, 0.15) is 41.4 Å². The predicted octanol–water partition coefficient (Wildman–Crippen LogP) is 5.60. The number of benzene rings is 1. The van der Waals surface area contributed by atoms with Gasteiger partial charge in [0.15, 0.2) is 5.78 Å². The van der Waals surface area contributed by atoms with Crippen LogP contribution in [0, 0.1) is 0 Å². The molecule has 1 aromatic heterocycles. The van der Waals surface area contributed by atoms with Crippen molar-refractivity contribution < 1.29 is 9.63 Å². The van der Waals surface area contributed by atoms with Crippen molar-refractivity contribution in [3.63, 3.8) is 0 Å². The number of Topliss-reactive ketones (excluding diaryl/α,β-unsaturated/α-hetero) is 1. The fourth-order valence-corrected chi connectivity index (χ4v) is 3.62. The third-order valence-electron chi connectivity index (χ3n) is 3.82. The van der Waals surface area contributed by atoms with Crippen molar-refractivity contribution in [1.82, 2.24) is 0 Å². The number of halogens is 2. The van der Waals surface area contributed by atoms with Crippen LogP contribution in [0.2, 0.25) is 9.36 Å². The van der Waals surface area contributed by atoms with Crippen LogP contribution in [0.25, 0.3) is 0 Å². The molecule has 1 unspecified atom stereocenters. The quantitative estimate of drug-likeness (QED) is 0.644. The van der Waals surface area contributed by atoms with Gasteiger partial charge in [0.2, 0.25) is 0 Å². The fraction of sp³-hybridized carbons (Fsp3) is 0.294. The molecule has 0 saturated heterocycles. The van der Waals surface area contributed by atoms with Gasteiger partial charge in [0, 0.05) is 17.9 Å². The summed E-state index contributed by atoms with van der Waals surface area (Å²) in [6, 6.07) is 11.0. The summed E-state index contributed by atoms with van der Waals surface area (Å²) in [5.74, 6) is 0.0895. The Morgan fingerprint density at radius 2 is 2.00 bits per heavy atom. The number of thiophene rings is 1. The average molecular weight is 368 g/mol. The zero-order valence-electron chi connectivity index (χ0n) is 12.5. The molecule has 1 aliphatic rings. The minimum Gasteiger partial charge on any atom is -0.389 e. The van der Waals surface area contributed by atoms with Crippen LogP contribution >= 0.6 is 34.5 Å². The summed E-state index contributed by atoms with van der Waals surface area (Å²) in [6.07, 6.45) is 1.70. The van der Waals surface area contributed by atoms with Crippen molar-refractivity contribution in [2.75, 3.05) is 0 Å². The molecule has 1 atom stereocenters. The fourth-order valence-electron chi connectivity index (χ4n) is 2.48. The van der Waals surface area contributed by atoms with Crippen molar-refractivity contribution in [3.8, 4) is 0 Å². The van der Waals surface area contributed by atoms with Gasteiger partial charge >= 0.3 is 0 Å². The Balaban J connectivity index is 1.59. The maximum Gasteiger partial charge on any atom is 0.172 e. The van der Waals surface area contributed by atoms with E-state index in [-0.39, 0.29) is 5.78 Å². The lowest BCUT2D eigenvalue weighted by atomic mass is 9.91. The molecule has 120 valence electrons. The number of nitrogens with zero attached hydrogens (tertiary/aromatic N) is 1. The van der Waals surface area contributed by atoms with Crippen LogP contribution in [0.3, 0.4) is 0 Å². The molecular formula is C17H15Cl2NO2S. The van der Waals surface area contributed by atoms with Gasteiger partial charge in [0.05, 0.1) is 14.9 Å². The Morgan fingerprint density at radius 3 is 2.65 bits per heavy atom. The maximum atomic E-state index is 12.2. The minimum absolute atomic E-state index is 0.0895. The molecule has 0 bridgehead atoms. The largest absolute Gasteiger partial charge is 0.389 e. The van der Waals surface area contributed by atoms with Gasteiger partial charge in [-0.3, -0.25) is 4.79 Å². The van der Waals surface area contributed by atoms with E-state index in [9.17, 15) is 4.79 Å².